The monoisotopic (exact) mass is 469 g/mol. The Kier molecular flexibility index (Phi) is 9.66. The minimum absolute atomic E-state index is 0.250. The molecule has 34 heavy (non-hydrogen) atoms. The number of carboxylic acid groups (broad SMARTS) is 1. The maximum atomic E-state index is 8.36. The summed E-state index contributed by atoms with van der Waals surface area (Å²) in [6, 6.07) is 9.23. The summed E-state index contributed by atoms with van der Waals surface area (Å²) < 4.78 is 11.2. The summed E-state index contributed by atoms with van der Waals surface area (Å²) in [5.74, 6) is 0.426. The minimum atomic E-state index is -0.250. The third-order valence-corrected chi connectivity index (χ3v) is 6.03. The van der Waals surface area contributed by atoms with Gasteiger partial charge < -0.3 is 25.3 Å². The molecule has 3 aromatic rings. The topological polar surface area (TPSA) is 127 Å². The van der Waals surface area contributed by atoms with E-state index in [9.17, 15) is 0 Å². The van der Waals surface area contributed by atoms with Crippen LogP contribution in [0.15, 0.2) is 30.5 Å². The van der Waals surface area contributed by atoms with E-state index in [1.54, 1.807) is 0 Å². The fourth-order valence-electron chi connectivity index (χ4n) is 4.11. The van der Waals surface area contributed by atoms with Crippen LogP contribution in [0.3, 0.4) is 0 Å². The van der Waals surface area contributed by atoms with E-state index in [1.807, 2.05) is 13.3 Å². The zero-order valence-corrected chi connectivity index (χ0v) is 20.0. The number of benzene rings is 1. The van der Waals surface area contributed by atoms with Crippen molar-refractivity contribution in [1.82, 2.24) is 19.9 Å². The van der Waals surface area contributed by atoms with E-state index in [0.717, 1.165) is 68.3 Å². The molecule has 0 aliphatic carbocycles. The highest BCUT2D eigenvalue weighted by Gasteiger charge is 2.18. The lowest BCUT2D eigenvalue weighted by atomic mass is 10.0. The molecule has 1 aromatic carbocycles. The van der Waals surface area contributed by atoms with E-state index in [4.69, 9.17) is 25.1 Å². The fourth-order valence-corrected chi connectivity index (χ4v) is 4.11. The van der Waals surface area contributed by atoms with Crippen molar-refractivity contribution in [3.8, 4) is 6.01 Å². The summed E-state index contributed by atoms with van der Waals surface area (Å²) in [6.45, 7) is 5.66. The molecule has 0 radical (unpaired) electrons. The average Bonchev–Trinajstić information content (AvgIpc) is 3.25. The molecule has 4 rings (SSSR count). The van der Waals surface area contributed by atoms with Crippen LogP contribution in [0.5, 0.6) is 6.01 Å². The van der Waals surface area contributed by atoms with Crippen molar-refractivity contribution < 1.29 is 19.4 Å². The van der Waals surface area contributed by atoms with Crippen molar-refractivity contribution in [2.45, 2.75) is 51.7 Å². The van der Waals surface area contributed by atoms with Crippen molar-refractivity contribution in [2.75, 3.05) is 32.5 Å². The van der Waals surface area contributed by atoms with Gasteiger partial charge in [0.15, 0.2) is 5.82 Å². The number of aromatic amines is 1. The number of H-pyrrole nitrogens is 1. The van der Waals surface area contributed by atoms with Gasteiger partial charge in [-0.1, -0.05) is 37.6 Å². The summed E-state index contributed by atoms with van der Waals surface area (Å²) in [6.07, 6.45) is 7.44. The molecular weight excluding hydrogens is 434 g/mol. The molecule has 0 amide bonds. The van der Waals surface area contributed by atoms with Crippen LogP contribution in [0, 0.1) is 0 Å². The van der Waals surface area contributed by atoms with Crippen LogP contribution in [-0.2, 0) is 22.5 Å². The second kappa shape index (κ2) is 12.9. The molecule has 3 heterocycles. The first kappa shape index (κ1) is 25.5. The lowest BCUT2D eigenvalue weighted by Crippen LogP contribution is -2.36. The number of nitrogen functional groups attached to an aromatic ring is 1. The van der Waals surface area contributed by atoms with E-state index in [0.29, 0.717) is 24.5 Å². The molecule has 1 fully saturated rings. The highest BCUT2D eigenvalue weighted by Crippen LogP contribution is 2.25. The predicted octanol–water partition coefficient (Wildman–Crippen LogP) is 3.62. The number of ether oxygens (including phenoxy) is 2. The first-order chi connectivity index (χ1) is 16.6. The number of carbonyl (C=O) groups is 1. The van der Waals surface area contributed by atoms with Gasteiger partial charge in [-0.3, -0.25) is 9.69 Å². The van der Waals surface area contributed by atoms with Gasteiger partial charge in [-0.25, -0.2) is 0 Å². The maximum absolute atomic E-state index is 8.36. The van der Waals surface area contributed by atoms with Crippen molar-refractivity contribution in [3.63, 3.8) is 0 Å². The van der Waals surface area contributed by atoms with Crippen LogP contribution in [0.1, 0.15) is 49.3 Å². The Morgan fingerprint density at radius 2 is 1.88 bits per heavy atom. The first-order valence-corrected chi connectivity index (χ1v) is 11.7. The summed E-state index contributed by atoms with van der Waals surface area (Å²) in [5.41, 5.74) is 11.4. The number of rotatable bonds is 9. The highest BCUT2D eigenvalue weighted by atomic mass is 16.5. The van der Waals surface area contributed by atoms with Gasteiger partial charge >= 0.3 is 6.01 Å². The number of fused-ring (bicyclic) bond motifs is 1. The van der Waals surface area contributed by atoms with Crippen LogP contribution in [0.4, 0.5) is 5.82 Å². The standard InChI is InChI=1S/C24H33N5O2.CH2O2/c1-3-4-13-31-24-27-21-19(15-26-22(21)23(25)28-24)14-17-5-7-18(8-6-17)16-29-11-9-20(30-2)10-12-29;2-1-3/h5-8,15,20,26H,3-4,9-14,16H2,1-2H3,(H2,25,27,28);1H,(H,2,3). The molecular formula is C25H35N5O4. The molecule has 0 saturated carbocycles. The number of hydrogen-bond acceptors (Lipinski definition) is 7. The molecule has 0 atom stereocenters. The van der Waals surface area contributed by atoms with Crippen molar-refractivity contribution >= 4 is 23.3 Å². The molecule has 184 valence electrons. The third-order valence-electron chi connectivity index (χ3n) is 6.03. The van der Waals surface area contributed by atoms with E-state index in [-0.39, 0.29) is 6.47 Å². The molecule has 2 aromatic heterocycles. The summed E-state index contributed by atoms with van der Waals surface area (Å²) in [7, 11) is 1.81. The average molecular weight is 470 g/mol. The van der Waals surface area contributed by atoms with Crippen LogP contribution < -0.4 is 10.5 Å². The zero-order valence-electron chi connectivity index (χ0n) is 20.0. The minimum Gasteiger partial charge on any atom is -0.483 e. The number of anilines is 1. The zero-order chi connectivity index (χ0) is 24.3. The molecule has 1 saturated heterocycles. The molecule has 9 nitrogen and oxygen atoms in total. The summed E-state index contributed by atoms with van der Waals surface area (Å²) >= 11 is 0. The second-order valence-corrected chi connectivity index (χ2v) is 8.44. The summed E-state index contributed by atoms with van der Waals surface area (Å²) in [4.78, 5) is 23.0. The quantitative estimate of drug-likeness (QED) is 0.320. The highest BCUT2D eigenvalue weighted by molar-refractivity contribution is 5.87. The smallest absolute Gasteiger partial charge is 0.319 e. The van der Waals surface area contributed by atoms with Crippen molar-refractivity contribution in [2.24, 2.45) is 0 Å². The number of methoxy groups -OCH3 is 1. The Morgan fingerprint density at radius 3 is 2.53 bits per heavy atom. The molecule has 0 bridgehead atoms. The van der Waals surface area contributed by atoms with Crippen LogP contribution in [-0.4, -0.2) is 64.3 Å². The Labute approximate surface area is 200 Å². The van der Waals surface area contributed by atoms with Crippen molar-refractivity contribution in [3.05, 3.63) is 47.2 Å². The van der Waals surface area contributed by atoms with Gasteiger partial charge in [0.2, 0.25) is 0 Å². The van der Waals surface area contributed by atoms with Gasteiger partial charge in [0.05, 0.1) is 12.7 Å². The first-order valence-electron chi connectivity index (χ1n) is 11.7. The van der Waals surface area contributed by atoms with Crippen LogP contribution >= 0.6 is 0 Å². The lowest BCUT2D eigenvalue weighted by molar-refractivity contribution is -0.122. The lowest BCUT2D eigenvalue weighted by Gasteiger charge is -2.31. The Morgan fingerprint density at radius 1 is 1.21 bits per heavy atom. The number of nitrogens with one attached hydrogen (secondary N) is 1. The molecule has 1 aliphatic rings. The number of piperidine rings is 1. The Balaban J connectivity index is 0.00000103. The largest absolute Gasteiger partial charge is 0.483 e. The molecule has 0 unspecified atom stereocenters. The van der Waals surface area contributed by atoms with Gasteiger partial charge in [-0.05, 0) is 30.4 Å². The molecule has 4 N–H and O–H groups in total. The fraction of sp³-hybridized carbons (Fsp3) is 0.480. The number of unbranched alkanes of at least 4 members (excludes halogenated alkanes) is 1. The number of hydrogen-bond donors (Lipinski definition) is 3. The number of nitrogens with two attached hydrogens (primary N) is 1. The molecule has 0 spiro atoms. The molecule has 1 aliphatic heterocycles. The van der Waals surface area contributed by atoms with E-state index >= 15 is 0 Å². The van der Waals surface area contributed by atoms with Gasteiger partial charge in [0.25, 0.3) is 6.47 Å². The summed E-state index contributed by atoms with van der Waals surface area (Å²) in [5, 5.41) is 6.89. The van der Waals surface area contributed by atoms with Crippen LogP contribution in [0.2, 0.25) is 0 Å². The maximum Gasteiger partial charge on any atom is 0.319 e. The van der Waals surface area contributed by atoms with Crippen molar-refractivity contribution in [1.29, 1.82) is 0 Å². The normalized spacial score (nSPS) is 14.5. The van der Waals surface area contributed by atoms with Gasteiger partial charge in [-0.2, -0.15) is 9.97 Å². The molecule has 9 heteroatoms. The Hall–Kier alpha value is -3.17. The Bertz CT molecular complexity index is 1030. The van der Waals surface area contributed by atoms with Crippen LogP contribution in [0.25, 0.3) is 11.0 Å². The third kappa shape index (κ3) is 6.91. The number of aromatic nitrogens is 3. The van der Waals surface area contributed by atoms with Gasteiger partial charge in [0, 0.05) is 44.9 Å². The second-order valence-electron chi connectivity index (χ2n) is 8.44. The number of likely N-dealkylation sites (tertiary alicyclic amines) is 1. The van der Waals surface area contributed by atoms with Gasteiger partial charge in [0.1, 0.15) is 11.0 Å². The number of nitrogens with zero attached hydrogens (tertiary/aromatic N) is 3. The van der Waals surface area contributed by atoms with E-state index in [2.05, 4.69) is 51.0 Å². The van der Waals surface area contributed by atoms with E-state index < -0.39 is 0 Å². The SMILES string of the molecule is CCCCOc1nc(N)c2[nH]cc(Cc3ccc(CN4CCC(OC)CC4)cc3)c2n1.O=CO. The van der Waals surface area contributed by atoms with Gasteiger partial charge in [-0.15, -0.1) is 0 Å². The van der Waals surface area contributed by atoms with E-state index in [1.165, 1.54) is 11.1 Å². The predicted molar refractivity (Wildman–Crippen MR) is 132 cm³/mol.